The van der Waals surface area contributed by atoms with Crippen LogP contribution in [-0.2, 0) is 131 Å². The monoisotopic (exact) mass is 2140 g/mol. The van der Waals surface area contributed by atoms with Gasteiger partial charge in [0, 0.05) is 86.2 Å². The van der Waals surface area contributed by atoms with Crippen molar-refractivity contribution in [3.63, 3.8) is 0 Å². The molecule has 0 amide bonds. The molecule has 24 aliphatic rings. The number of rotatable bonds is 22. The van der Waals surface area contributed by atoms with Gasteiger partial charge in [0.15, 0.2) is 48.9 Å². The third kappa shape index (κ3) is 20.5. The molecule has 6 aliphatic carbocycles. The molecular formula is C92H148Au2ClN9O21. The SMILES string of the molecule is C[C@H]1[C@@H](OCCCCN2C=CN(C)[CH-]2)O[C@@H]2C[C@]3(C)CC[C@H]4[C@H](C)CC[C@@H]1[C@@]24OO3.C[C@H]1[C@@H](OCCCCN2C=CN(C)[CH-]2)O[C@@H]2O[C@@]3(C)CC[C@H]4[C@H](C)CC[C@@H]1[C@@]24OO3.C[C@H]1[C@@H](OCCCN2C=CN(C)[CH-]2)O[C@@H]2C[C@]3(C)CC[C@H]4[C@H](C)CC[C@@H]1[C@@]24OO3.C[C@H]1[C@@H](OCCCN2C=CN(C)[CH-]2)O[C@@H]2O[C@@]3(C)CC[C@H]4[C@H](C)CC[C@@H]1[C@@]24OO3.O=[N+]([O-])[O-].[Au+3].[Au+3].[Cl-]. The molecule has 0 unspecified atom stereocenters. The number of hydrogen-bond acceptors (Lipinski definition) is 29. The third-order valence-corrected chi connectivity index (χ3v) is 32.6. The van der Waals surface area contributed by atoms with Crippen molar-refractivity contribution in [2.75, 3.05) is 80.8 Å². The van der Waals surface area contributed by atoms with E-state index in [1.807, 2.05) is 46.1 Å². The fourth-order valence-electron chi connectivity index (χ4n) is 26.0. The van der Waals surface area contributed by atoms with Crippen LogP contribution in [0.5, 0.6) is 0 Å². The van der Waals surface area contributed by atoms with Crippen molar-refractivity contribution in [3.8, 4) is 0 Å². The Labute approximate surface area is 782 Å². The largest absolute Gasteiger partial charge is 3.00 e. The molecule has 14 saturated heterocycles. The van der Waals surface area contributed by atoms with Gasteiger partial charge in [-0.15, -0.1) is 0 Å². The van der Waals surface area contributed by atoms with Crippen LogP contribution in [0, 0.1) is 137 Å². The van der Waals surface area contributed by atoms with Crippen molar-refractivity contribution in [2.24, 2.45) is 94.7 Å². The summed E-state index contributed by atoms with van der Waals surface area (Å²) in [6, 6.07) is 0. The van der Waals surface area contributed by atoms with Gasteiger partial charge in [-0.3, -0.25) is 0 Å². The standard InChI is InChI=1S/C24H39N2O4.C23H37N2O5.C23H37N2O4.C22H35N2O5.2Au.ClH.NO3/c1-17-7-8-20-18(2)22(27-14-6-5-11-26-13-12-25(4)16-26)28-21-15-23(3)10-9-19(17)24(20,21)30-29-23;1-16-7-8-19-17(2)20(26-14-6-5-11-25-13-12-24(4)15-25)27-21-23(19)18(16)9-10-22(3,28-21)29-30-23;1-16-6-7-19-17(2)21(26-13-5-10-25-12-11-24(4)15-25)27-20-14-22(3)9-8-18(16)23(19,20)29-28-22;1-15-6-7-18-16(2)19(25-13-5-10-24-12-11-23(4)14-24)26-20-22(18)17(15)8-9-21(3,27-20)28-29-22;;;;2-1(3)4/h12-13,16-22H,5-11,14-15H2,1-4H3;12-13,15-21H,5-11,14H2,1-4H3;11-12,15-21H,5-10,13-14H2,1-4H3;11-12,14-20H,5-10,13H2,1-4H3;;;1H;/q4*-1;2*+3;;-1/p-1/t17-,18-,19+,20+,21-,22+,23+,24-;16-,17-,18+,19+,20+,21-,22-,23-;16-,17-,18+,19+,20-,21+,22+,23-;15-,16-,17+,18+,19+,20-,21-,22-;;;;/m1111..../s1. The number of nitrogens with zero attached hydrogens (tertiary/aromatic N) is 9. The molecule has 8 bridgehead atoms. The minimum Gasteiger partial charge on any atom is -1.00 e. The summed E-state index contributed by atoms with van der Waals surface area (Å²) in [6.07, 6.45) is 41.0. The van der Waals surface area contributed by atoms with E-state index in [2.05, 4.69) is 181 Å². The van der Waals surface area contributed by atoms with E-state index in [4.69, 9.17) is 102 Å². The Bertz CT molecular complexity index is 3400. The van der Waals surface area contributed by atoms with E-state index in [0.717, 1.165) is 142 Å². The van der Waals surface area contributed by atoms with Crippen LogP contribution < -0.4 is 12.4 Å². The van der Waals surface area contributed by atoms with Gasteiger partial charge >= 0.3 is 44.8 Å². The van der Waals surface area contributed by atoms with E-state index in [1.165, 1.54) is 51.4 Å². The molecule has 6 saturated carbocycles. The molecule has 18 aliphatic heterocycles. The first kappa shape index (κ1) is 100. The van der Waals surface area contributed by atoms with Crippen LogP contribution >= 0.6 is 0 Å². The van der Waals surface area contributed by atoms with E-state index in [-0.39, 0.29) is 129 Å². The minimum absolute atomic E-state index is 0. The fraction of sp³-hybridized carbons (Fsp3) is 0.870. The molecular weight excluding hydrogens is 2000 g/mol. The summed E-state index contributed by atoms with van der Waals surface area (Å²) in [7, 11) is 8.18. The second-order valence-corrected chi connectivity index (χ2v) is 41.3. The molecule has 20 fully saturated rings. The average Bonchev–Trinajstić information content (AvgIpc) is 1.64. The summed E-state index contributed by atoms with van der Waals surface area (Å²) in [5, 5.41) is 14.8. The average molecular weight is 2150 g/mol. The van der Waals surface area contributed by atoms with Crippen LogP contribution in [0.1, 0.15) is 237 Å². The molecule has 4 spiro atoms. The van der Waals surface area contributed by atoms with Crippen molar-refractivity contribution in [3.05, 3.63) is 91.6 Å². The summed E-state index contributed by atoms with van der Waals surface area (Å²) in [5.41, 5.74) is -2.03. The van der Waals surface area contributed by atoms with E-state index in [1.54, 1.807) is 0 Å². The maximum Gasteiger partial charge on any atom is 3.00 e. The zero-order valence-electron chi connectivity index (χ0n) is 77.0. The Morgan fingerprint density at radius 3 is 0.936 bits per heavy atom. The number of halogens is 1. The number of unbranched alkanes of at least 4 members (excludes halogenated alkanes) is 2. The van der Waals surface area contributed by atoms with Gasteiger partial charge in [-0.25, -0.2) is 39.1 Å². The second kappa shape index (κ2) is 41.4. The van der Waals surface area contributed by atoms with Crippen molar-refractivity contribution >= 4 is 0 Å². The zero-order chi connectivity index (χ0) is 85.9. The van der Waals surface area contributed by atoms with Gasteiger partial charge in [-0.1, -0.05) is 55.4 Å². The Kier molecular flexibility index (Phi) is 33.2. The van der Waals surface area contributed by atoms with Gasteiger partial charge in [0.05, 0.1) is 30.5 Å². The molecule has 0 aromatic rings. The van der Waals surface area contributed by atoms with E-state index < -0.39 is 40.4 Å². The van der Waals surface area contributed by atoms with Gasteiger partial charge < -0.3 is 114 Å². The Morgan fingerprint density at radius 2 is 0.624 bits per heavy atom. The van der Waals surface area contributed by atoms with Gasteiger partial charge in [0.1, 0.15) is 22.4 Å². The van der Waals surface area contributed by atoms with Crippen LogP contribution in [-0.4, -0.2) is 220 Å². The molecule has 0 radical (unpaired) electrons. The first-order chi connectivity index (χ1) is 58.4. The first-order valence-corrected chi connectivity index (χ1v) is 47.1. The molecule has 32 atom stereocenters. The summed E-state index contributed by atoms with van der Waals surface area (Å²) in [6.45, 7) is 42.0. The van der Waals surface area contributed by atoms with Crippen LogP contribution in [0.25, 0.3) is 0 Å². The molecule has 125 heavy (non-hydrogen) atoms. The van der Waals surface area contributed by atoms with E-state index in [0.29, 0.717) is 96.1 Å². The summed E-state index contributed by atoms with van der Waals surface area (Å²) in [4.78, 5) is 74.2. The Balaban J connectivity index is 0.000000140. The molecule has 0 aromatic carbocycles. The van der Waals surface area contributed by atoms with Crippen LogP contribution in [0.4, 0.5) is 0 Å². The number of ether oxygens (including phenoxy) is 10. The van der Waals surface area contributed by atoms with Crippen molar-refractivity contribution < 1.29 is 149 Å². The predicted molar refractivity (Wildman–Crippen MR) is 448 cm³/mol. The summed E-state index contributed by atoms with van der Waals surface area (Å²) >= 11 is 0. The number of hydrogen-bond donors (Lipinski definition) is 0. The smallest absolute Gasteiger partial charge is 1.00 e. The topological polar surface area (TPSA) is 258 Å². The molecule has 716 valence electrons. The van der Waals surface area contributed by atoms with Crippen LogP contribution in [0.15, 0.2) is 49.6 Å². The molecule has 0 N–H and O–H groups in total. The van der Waals surface area contributed by atoms with Gasteiger partial charge in [0.2, 0.25) is 11.6 Å². The predicted octanol–water partition coefficient (Wildman–Crippen LogP) is 12.2. The quantitative estimate of drug-likeness (QED) is 0.0244. The molecule has 0 aromatic heterocycles. The number of fused-ring (bicyclic) bond motifs is 8. The Morgan fingerprint density at radius 1 is 0.352 bits per heavy atom. The van der Waals surface area contributed by atoms with Crippen molar-refractivity contribution in [1.82, 2.24) is 39.2 Å². The maximum atomic E-state index is 8.25. The zero-order valence-corrected chi connectivity index (χ0v) is 82.1. The van der Waals surface area contributed by atoms with E-state index >= 15 is 0 Å². The van der Waals surface area contributed by atoms with Crippen LogP contribution in [0.3, 0.4) is 0 Å². The van der Waals surface area contributed by atoms with Crippen molar-refractivity contribution in [2.45, 2.75) is 332 Å². The van der Waals surface area contributed by atoms with Gasteiger partial charge in [-0.05, 0) is 307 Å². The van der Waals surface area contributed by atoms with E-state index in [9.17, 15) is 0 Å². The first-order valence-electron chi connectivity index (χ1n) is 47.1. The van der Waals surface area contributed by atoms with Crippen LogP contribution in [0.2, 0.25) is 0 Å². The summed E-state index contributed by atoms with van der Waals surface area (Å²) < 4.78 is 64.3. The molecule has 18 heterocycles. The Hall–Kier alpha value is -2.39. The molecule has 24 rings (SSSR count). The van der Waals surface area contributed by atoms with Crippen molar-refractivity contribution in [1.29, 1.82) is 0 Å². The fourth-order valence-corrected chi connectivity index (χ4v) is 26.0. The maximum absolute atomic E-state index is 8.25. The minimum atomic E-state index is -1.75. The second-order valence-electron chi connectivity index (χ2n) is 41.3. The van der Waals surface area contributed by atoms with Gasteiger partial charge in [0.25, 0.3) is 0 Å². The molecule has 33 heteroatoms. The van der Waals surface area contributed by atoms with Gasteiger partial charge in [-0.2, -0.15) is 26.7 Å². The molecule has 30 nitrogen and oxygen atoms in total. The normalized spacial score (nSPS) is 45.6. The summed E-state index contributed by atoms with van der Waals surface area (Å²) in [5.74, 6) is 5.53. The third-order valence-electron chi connectivity index (χ3n) is 32.6.